The quantitative estimate of drug-likeness (QED) is 0.846. The van der Waals surface area contributed by atoms with Gasteiger partial charge < -0.3 is 14.6 Å². The van der Waals surface area contributed by atoms with Crippen molar-refractivity contribution in [2.45, 2.75) is 6.10 Å². The molecular formula is C14H13Br2NO3. The molecule has 4 nitrogen and oxygen atoms in total. The van der Waals surface area contributed by atoms with Crippen molar-refractivity contribution >= 4 is 31.9 Å². The van der Waals surface area contributed by atoms with Gasteiger partial charge in [0.25, 0.3) is 0 Å². The standard InChI is InChI=1S/C14H13Br2NO3/c1-19-11-4-3-8(5-12(11)20-2)14(18)13-10(16)6-9(15)7-17-13/h3-7,14,18H,1-2H3. The van der Waals surface area contributed by atoms with Crippen LogP contribution in [0.25, 0.3) is 0 Å². The van der Waals surface area contributed by atoms with E-state index in [9.17, 15) is 5.11 Å². The Labute approximate surface area is 134 Å². The smallest absolute Gasteiger partial charge is 0.161 e. The summed E-state index contributed by atoms with van der Waals surface area (Å²) in [5.41, 5.74) is 1.22. The first kappa shape index (κ1) is 15.3. The van der Waals surface area contributed by atoms with Crippen molar-refractivity contribution in [2.24, 2.45) is 0 Å². The Bertz CT molecular complexity index is 619. The number of halogens is 2. The van der Waals surface area contributed by atoms with Crippen LogP contribution in [0.4, 0.5) is 0 Å². The van der Waals surface area contributed by atoms with Gasteiger partial charge in [0.15, 0.2) is 11.5 Å². The first-order valence-electron chi connectivity index (χ1n) is 5.77. The number of pyridine rings is 1. The SMILES string of the molecule is COc1ccc(C(O)c2ncc(Br)cc2Br)cc1OC. The summed E-state index contributed by atoms with van der Waals surface area (Å²) in [6.45, 7) is 0. The van der Waals surface area contributed by atoms with Crippen molar-refractivity contribution in [3.8, 4) is 11.5 Å². The van der Waals surface area contributed by atoms with Crippen molar-refractivity contribution in [3.05, 3.63) is 50.7 Å². The molecule has 2 rings (SSSR count). The Morgan fingerprint density at radius 3 is 2.40 bits per heavy atom. The molecule has 106 valence electrons. The molecule has 1 aromatic heterocycles. The average molecular weight is 403 g/mol. The molecule has 0 aliphatic rings. The Kier molecular flexibility index (Phi) is 5.01. The molecule has 20 heavy (non-hydrogen) atoms. The van der Waals surface area contributed by atoms with E-state index in [0.717, 1.165) is 8.95 Å². The second-order valence-corrected chi connectivity index (χ2v) is 5.81. The summed E-state index contributed by atoms with van der Waals surface area (Å²) >= 11 is 6.73. The molecule has 0 aliphatic carbocycles. The predicted molar refractivity (Wildman–Crippen MR) is 83.2 cm³/mol. The first-order valence-corrected chi connectivity index (χ1v) is 7.36. The minimum atomic E-state index is -0.850. The lowest BCUT2D eigenvalue weighted by Gasteiger charge is -2.15. The Morgan fingerprint density at radius 1 is 1.10 bits per heavy atom. The molecule has 2 aromatic rings. The molecule has 0 aliphatic heterocycles. The van der Waals surface area contributed by atoms with E-state index in [1.807, 2.05) is 6.07 Å². The van der Waals surface area contributed by atoms with E-state index < -0.39 is 6.10 Å². The third-order valence-corrected chi connectivity index (χ3v) is 3.89. The fraction of sp³-hybridized carbons (Fsp3) is 0.214. The van der Waals surface area contributed by atoms with Crippen molar-refractivity contribution in [2.75, 3.05) is 14.2 Å². The summed E-state index contributed by atoms with van der Waals surface area (Å²) < 4.78 is 12.0. The molecule has 1 aromatic carbocycles. The second kappa shape index (κ2) is 6.56. The Balaban J connectivity index is 2.40. The van der Waals surface area contributed by atoms with Gasteiger partial charge in [0.2, 0.25) is 0 Å². The van der Waals surface area contributed by atoms with Gasteiger partial charge in [-0.2, -0.15) is 0 Å². The minimum Gasteiger partial charge on any atom is -0.493 e. The number of aliphatic hydroxyl groups is 1. The number of ether oxygens (including phenoxy) is 2. The van der Waals surface area contributed by atoms with E-state index in [2.05, 4.69) is 36.8 Å². The molecule has 0 fully saturated rings. The maximum absolute atomic E-state index is 10.4. The van der Waals surface area contributed by atoms with Crippen LogP contribution in [0.2, 0.25) is 0 Å². The zero-order chi connectivity index (χ0) is 14.7. The lowest BCUT2D eigenvalue weighted by atomic mass is 10.1. The molecule has 0 bridgehead atoms. The number of methoxy groups -OCH3 is 2. The fourth-order valence-corrected chi connectivity index (χ4v) is 3.01. The van der Waals surface area contributed by atoms with Gasteiger partial charge in [-0.25, -0.2) is 0 Å². The van der Waals surface area contributed by atoms with Gasteiger partial charge in [0.1, 0.15) is 6.10 Å². The number of nitrogens with zero attached hydrogens (tertiary/aromatic N) is 1. The van der Waals surface area contributed by atoms with Crippen LogP contribution in [0.1, 0.15) is 17.4 Å². The monoisotopic (exact) mass is 401 g/mol. The third-order valence-electron chi connectivity index (χ3n) is 2.82. The zero-order valence-corrected chi connectivity index (χ0v) is 14.1. The Hall–Kier alpha value is -1.11. The highest BCUT2D eigenvalue weighted by Gasteiger charge is 2.17. The molecular weight excluding hydrogens is 390 g/mol. The minimum absolute atomic E-state index is 0.542. The van der Waals surface area contributed by atoms with E-state index in [4.69, 9.17) is 9.47 Å². The number of aromatic nitrogens is 1. The maximum atomic E-state index is 10.4. The van der Waals surface area contributed by atoms with E-state index >= 15 is 0 Å². The molecule has 0 amide bonds. The lowest BCUT2D eigenvalue weighted by molar-refractivity contribution is 0.213. The molecule has 0 spiro atoms. The first-order chi connectivity index (χ1) is 9.56. The van der Waals surface area contributed by atoms with E-state index in [1.165, 1.54) is 0 Å². The number of aliphatic hydroxyl groups excluding tert-OH is 1. The van der Waals surface area contributed by atoms with Crippen LogP contribution in [0.15, 0.2) is 39.4 Å². The normalized spacial score (nSPS) is 12.1. The summed E-state index contributed by atoms with van der Waals surface area (Å²) in [5.74, 6) is 1.18. The third kappa shape index (κ3) is 3.13. The highest BCUT2D eigenvalue weighted by Crippen LogP contribution is 2.34. The predicted octanol–water partition coefficient (Wildman–Crippen LogP) is 3.71. The summed E-state index contributed by atoms with van der Waals surface area (Å²) in [6.07, 6.45) is 0.793. The number of rotatable bonds is 4. The van der Waals surface area contributed by atoms with E-state index in [0.29, 0.717) is 22.8 Å². The van der Waals surface area contributed by atoms with Crippen molar-refractivity contribution in [3.63, 3.8) is 0 Å². The summed E-state index contributed by atoms with van der Waals surface area (Å²) in [7, 11) is 3.13. The van der Waals surface area contributed by atoms with Gasteiger partial charge >= 0.3 is 0 Å². The molecule has 0 saturated carbocycles. The molecule has 1 N–H and O–H groups in total. The van der Waals surface area contributed by atoms with Gasteiger partial charge in [-0.05, 0) is 55.6 Å². The van der Waals surface area contributed by atoms with E-state index in [-0.39, 0.29) is 0 Å². The van der Waals surface area contributed by atoms with Crippen molar-refractivity contribution in [1.82, 2.24) is 4.98 Å². The van der Waals surface area contributed by atoms with Gasteiger partial charge in [0.05, 0.1) is 19.9 Å². The number of benzene rings is 1. The highest BCUT2D eigenvalue weighted by atomic mass is 79.9. The fourth-order valence-electron chi connectivity index (χ4n) is 1.81. The van der Waals surface area contributed by atoms with Crippen LogP contribution in [0, 0.1) is 0 Å². The van der Waals surface area contributed by atoms with Crippen LogP contribution in [0.3, 0.4) is 0 Å². The highest BCUT2D eigenvalue weighted by molar-refractivity contribution is 9.11. The summed E-state index contributed by atoms with van der Waals surface area (Å²) in [5, 5.41) is 10.4. The average Bonchev–Trinajstić information content (AvgIpc) is 2.45. The van der Waals surface area contributed by atoms with Crippen LogP contribution in [0.5, 0.6) is 11.5 Å². The van der Waals surface area contributed by atoms with Gasteiger partial charge in [-0.1, -0.05) is 6.07 Å². The molecule has 0 radical (unpaired) electrons. The zero-order valence-electron chi connectivity index (χ0n) is 10.9. The molecule has 1 heterocycles. The molecule has 1 unspecified atom stereocenters. The van der Waals surface area contributed by atoms with Gasteiger partial charge in [-0.15, -0.1) is 0 Å². The lowest BCUT2D eigenvalue weighted by Crippen LogP contribution is -2.04. The maximum Gasteiger partial charge on any atom is 0.161 e. The van der Waals surface area contributed by atoms with Crippen LogP contribution >= 0.6 is 31.9 Å². The van der Waals surface area contributed by atoms with Gasteiger partial charge in [-0.3, -0.25) is 4.98 Å². The van der Waals surface area contributed by atoms with Crippen molar-refractivity contribution in [1.29, 1.82) is 0 Å². The number of hydrogen-bond acceptors (Lipinski definition) is 4. The topological polar surface area (TPSA) is 51.6 Å². The van der Waals surface area contributed by atoms with Crippen LogP contribution in [-0.2, 0) is 0 Å². The molecule has 0 saturated heterocycles. The molecule has 6 heteroatoms. The summed E-state index contributed by atoms with van der Waals surface area (Å²) in [6, 6.07) is 7.11. The second-order valence-electron chi connectivity index (χ2n) is 4.04. The van der Waals surface area contributed by atoms with Crippen LogP contribution in [-0.4, -0.2) is 24.3 Å². The van der Waals surface area contributed by atoms with E-state index in [1.54, 1.807) is 38.6 Å². The number of hydrogen-bond donors (Lipinski definition) is 1. The van der Waals surface area contributed by atoms with Crippen LogP contribution < -0.4 is 9.47 Å². The van der Waals surface area contributed by atoms with Gasteiger partial charge in [0, 0.05) is 15.1 Å². The Morgan fingerprint density at radius 2 is 1.80 bits per heavy atom. The molecule has 1 atom stereocenters. The van der Waals surface area contributed by atoms with Crippen molar-refractivity contribution < 1.29 is 14.6 Å². The largest absolute Gasteiger partial charge is 0.493 e. The summed E-state index contributed by atoms with van der Waals surface area (Å²) in [4.78, 5) is 4.24.